The highest BCUT2D eigenvalue weighted by Gasteiger charge is 2.10. The maximum absolute atomic E-state index is 12.7. The zero-order valence-corrected chi connectivity index (χ0v) is 10.3. The number of non-ortho nitro benzene ring substituents is 1. The number of rotatable bonds is 4. The van der Waals surface area contributed by atoms with E-state index in [1.807, 2.05) is 0 Å². The minimum absolute atomic E-state index is 0.0100. The van der Waals surface area contributed by atoms with E-state index in [-0.39, 0.29) is 23.7 Å². The van der Waals surface area contributed by atoms with Gasteiger partial charge in [-0.2, -0.15) is 0 Å². The predicted octanol–water partition coefficient (Wildman–Crippen LogP) is 3.09. The van der Waals surface area contributed by atoms with Gasteiger partial charge in [0.25, 0.3) is 5.69 Å². The monoisotopic (exact) mass is 275 g/mol. The Labute approximate surface area is 113 Å². The molecule has 0 N–H and O–H groups in total. The van der Waals surface area contributed by atoms with E-state index in [0.29, 0.717) is 5.56 Å². The van der Waals surface area contributed by atoms with Gasteiger partial charge in [0.1, 0.15) is 12.4 Å². The molecule has 0 aliphatic carbocycles. The van der Waals surface area contributed by atoms with Crippen LogP contribution in [0.2, 0.25) is 0 Å². The van der Waals surface area contributed by atoms with Crippen molar-refractivity contribution in [2.45, 2.75) is 6.61 Å². The standard InChI is InChI=1S/C14H10FNO4/c15-12-5-1-10(2-6-12)9-20-14(17)11-3-7-13(8-4-11)16(18)19/h1-8H,9H2. The van der Waals surface area contributed by atoms with Gasteiger partial charge in [-0.15, -0.1) is 0 Å². The van der Waals surface area contributed by atoms with Crippen molar-refractivity contribution >= 4 is 11.7 Å². The lowest BCUT2D eigenvalue weighted by Crippen LogP contribution is -2.05. The van der Waals surface area contributed by atoms with Crippen molar-refractivity contribution in [2.24, 2.45) is 0 Å². The molecule has 2 rings (SSSR count). The van der Waals surface area contributed by atoms with Crippen LogP contribution in [-0.2, 0) is 11.3 Å². The van der Waals surface area contributed by atoms with Gasteiger partial charge in [-0.1, -0.05) is 12.1 Å². The molecular weight excluding hydrogens is 265 g/mol. The first-order valence-electron chi connectivity index (χ1n) is 5.72. The van der Waals surface area contributed by atoms with E-state index in [1.165, 1.54) is 48.5 Å². The molecule has 0 aromatic heterocycles. The van der Waals surface area contributed by atoms with Gasteiger partial charge >= 0.3 is 5.97 Å². The van der Waals surface area contributed by atoms with E-state index in [4.69, 9.17) is 4.74 Å². The molecule has 6 heteroatoms. The molecule has 0 atom stereocenters. The number of hydrogen-bond donors (Lipinski definition) is 0. The molecule has 0 spiro atoms. The number of esters is 1. The Kier molecular flexibility index (Phi) is 4.05. The van der Waals surface area contributed by atoms with Gasteiger partial charge in [-0.3, -0.25) is 10.1 Å². The van der Waals surface area contributed by atoms with E-state index < -0.39 is 10.9 Å². The second kappa shape index (κ2) is 5.92. The number of carbonyl (C=O) groups excluding carboxylic acids is 1. The summed E-state index contributed by atoms with van der Waals surface area (Å²) in [5.74, 6) is -0.959. The summed E-state index contributed by atoms with van der Waals surface area (Å²) >= 11 is 0. The average Bonchev–Trinajstić information content (AvgIpc) is 2.46. The van der Waals surface area contributed by atoms with E-state index in [2.05, 4.69) is 0 Å². The van der Waals surface area contributed by atoms with Gasteiger partial charge in [0.2, 0.25) is 0 Å². The number of nitro groups is 1. The SMILES string of the molecule is O=C(OCc1ccc(F)cc1)c1ccc([N+](=O)[O-])cc1. The molecule has 0 aliphatic rings. The number of nitro benzene ring substituents is 1. The molecule has 2 aromatic rings. The molecule has 0 heterocycles. The lowest BCUT2D eigenvalue weighted by Gasteiger charge is -2.04. The number of ether oxygens (including phenoxy) is 1. The molecule has 0 unspecified atom stereocenters. The molecule has 0 bridgehead atoms. The van der Waals surface area contributed by atoms with Crippen molar-refractivity contribution in [3.05, 3.63) is 75.6 Å². The third-order valence-corrected chi connectivity index (χ3v) is 2.60. The Morgan fingerprint density at radius 3 is 2.25 bits per heavy atom. The lowest BCUT2D eigenvalue weighted by molar-refractivity contribution is -0.384. The first-order valence-corrected chi connectivity index (χ1v) is 5.72. The predicted molar refractivity (Wildman–Crippen MR) is 68.6 cm³/mol. The highest BCUT2D eigenvalue weighted by atomic mass is 19.1. The van der Waals surface area contributed by atoms with Gasteiger partial charge in [0.05, 0.1) is 10.5 Å². The normalized spacial score (nSPS) is 10.1. The molecule has 0 aliphatic heterocycles. The molecular formula is C14H10FNO4. The average molecular weight is 275 g/mol. The van der Waals surface area contributed by atoms with Crippen molar-refractivity contribution in [1.82, 2.24) is 0 Å². The Hall–Kier alpha value is -2.76. The van der Waals surface area contributed by atoms with Gasteiger partial charge in [0.15, 0.2) is 0 Å². The summed E-state index contributed by atoms with van der Waals surface area (Å²) in [6.07, 6.45) is 0. The Morgan fingerprint density at radius 2 is 1.70 bits per heavy atom. The van der Waals surface area contributed by atoms with Crippen molar-refractivity contribution < 1.29 is 18.8 Å². The maximum Gasteiger partial charge on any atom is 0.338 e. The second-order valence-electron chi connectivity index (χ2n) is 4.01. The number of carbonyl (C=O) groups is 1. The van der Waals surface area contributed by atoms with E-state index in [9.17, 15) is 19.3 Å². The fraction of sp³-hybridized carbons (Fsp3) is 0.0714. The first kappa shape index (κ1) is 13.7. The fourth-order valence-electron chi connectivity index (χ4n) is 1.53. The van der Waals surface area contributed by atoms with Crippen LogP contribution < -0.4 is 0 Å². The Morgan fingerprint density at radius 1 is 1.10 bits per heavy atom. The minimum atomic E-state index is -0.593. The van der Waals surface area contributed by atoms with Gasteiger partial charge in [0, 0.05) is 12.1 Å². The number of nitrogens with zero attached hydrogens (tertiary/aromatic N) is 1. The number of halogens is 1. The van der Waals surface area contributed by atoms with Crippen LogP contribution in [0.15, 0.2) is 48.5 Å². The molecule has 20 heavy (non-hydrogen) atoms. The largest absolute Gasteiger partial charge is 0.457 e. The molecule has 0 fully saturated rings. The minimum Gasteiger partial charge on any atom is -0.457 e. The number of hydrogen-bond acceptors (Lipinski definition) is 4. The Balaban J connectivity index is 1.97. The highest BCUT2D eigenvalue weighted by Crippen LogP contribution is 2.13. The van der Waals surface area contributed by atoms with Gasteiger partial charge < -0.3 is 4.74 Å². The topological polar surface area (TPSA) is 69.4 Å². The van der Waals surface area contributed by atoms with E-state index in [0.717, 1.165) is 0 Å². The molecule has 0 saturated heterocycles. The fourth-order valence-corrected chi connectivity index (χ4v) is 1.53. The Bertz CT molecular complexity index is 623. The van der Waals surface area contributed by atoms with Gasteiger partial charge in [-0.25, -0.2) is 9.18 Å². The molecule has 102 valence electrons. The zero-order valence-electron chi connectivity index (χ0n) is 10.3. The first-order chi connectivity index (χ1) is 9.56. The molecule has 0 saturated carbocycles. The van der Waals surface area contributed by atoms with E-state index in [1.54, 1.807) is 0 Å². The molecule has 0 radical (unpaired) electrons. The summed E-state index contributed by atoms with van der Waals surface area (Å²) in [5, 5.41) is 10.5. The maximum atomic E-state index is 12.7. The van der Waals surface area contributed by atoms with Crippen molar-refractivity contribution in [1.29, 1.82) is 0 Å². The van der Waals surface area contributed by atoms with Crippen LogP contribution in [0.1, 0.15) is 15.9 Å². The summed E-state index contributed by atoms with van der Waals surface area (Å²) in [5.41, 5.74) is 0.777. The van der Waals surface area contributed by atoms with E-state index >= 15 is 0 Å². The molecule has 0 amide bonds. The van der Waals surface area contributed by atoms with Crippen LogP contribution >= 0.6 is 0 Å². The summed E-state index contributed by atoms with van der Waals surface area (Å²) < 4.78 is 17.7. The zero-order chi connectivity index (χ0) is 14.5. The summed E-state index contributed by atoms with van der Waals surface area (Å²) in [7, 11) is 0. The smallest absolute Gasteiger partial charge is 0.338 e. The van der Waals surface area contributed by atoms with Crippen molar-refractivity contribution in [3.8, 4) is 0 Å². The quantitative estimate of drug-likeness (QED) is 0.488. The van der Waals surface area contributed by atoms with Crippen LogP contribution in [0.5, 0.6) is 0 Å². The second-order valence-corrected chi connectivity index (χ2v) is 4.01. The van der Waals surface area contributed by atoms with Crippen LogP contribution in [0.25, 0.3) is 0 Å². The van der Waals surface area contributed by atoms with Crippen LogP contribution in [0, 0.1) is 15.9 Å². The molecule has 2 aromatic carbocycles. The number of benzene rings is 2. The van der Waals surface area contributed by atoms with Gasteiger partial charge in [-0.05, 0) is 29.8 Å². The van der Waals surface area contributed by atoms with Crippen molar-refractivity contribution in [2.75, 3.05) is 0 Å². The summed E-state index contributed by atoms with van der Waals surface area (Å²) in [4.78, 5) is 21.6. The van der Waals surface area contributed by atoms with Crippen LogP contribution in [0.3, 0.4) is 0 Å². The lowest BCUT2D eigenvalue weighted by atomic mass is 10.2. The van der Waals surface area contributed by atoms with Crippen LogP contribution in [-0.4, -0.2) is 10.9 Å². The molecule has 5 nitrogen and oxygen atoms in total. The van der Waals surface area contributed by atoms with Crippen molar-refractivity contribution in [3.63, 3.8) is 0 Å². The highest BCUT2D eigenvalue weighted by molar-refractivity contribution is 5.89. The van der Waals surface area contributed by atoms with Crippen LogP contribution in [0.4, 0.5) is 10.1 Å². The summed E-state index contributed by atoms with van der Waals surface area (Å²) in [6.45, 7) is 0.0100. The summed E-state index contributed by atoms with van der Waals surface area (Å²) in [6, 6.07) is 10.7. The third kappa shape index (κ3) is 3.38. The third-order valence-electron chi connectivity index (χ3n) is 2.60.